The molecule has 1 fully saturated rings. The van der Waals surface area contributed by atoms with E-state index in [0.29, 0.717) is 46.6 Å². The smallest absolute Gasteiger partial charge is 0.406 e. The van der Waals surface area contributed by atoms with Crippen molar-refractivity contribution in [1.82, 2.24) is 9.47 Å². The predicted octanol–water partition coefficient (Wildman–Crippen LogP) is 6.17. The van der Waals surface area contributed by atoms with E-state index in [1.807, 2.05) is 11.9 Å². The number of nitrogens with zero attached hydrogens (tertiary/aromatic N) is 2. The van der Waals surface area contributed by atoms with Gasteiger partial charge in [0.15, 0.2) is 5.67 Å². The Morgan fingerprint density at radius 2 is 2.02 bits per heavy atom. The summed E-state index contributed by atoms with van der Waals surface area (Å²) in [7, 11) is 3.28. The first kappa shape index (κ1) is 35.4. The monoisotopic (exact) mass is 656 g/mol. The van der Waals surface area contributed by atoms with E-state index in [2.05, 4.69) is 29.1 Å². The lowest BCUT2D eigenvalue weighted by atomic mass is 9.82. The number of piperidine rings is 1. The molecule has 4 rings (SSSR count). The van der Waals surface area contributed by atoms with Gasteiger partial charge >= 0.3 is 12.1 Å². The number of hydrogen-bond donors (Lipinski definition) is 3. The minimum atomic E-state index is -4.51. The molecule has 1 aliphatic heterocycles. The zero-order chi connectivity index (χ0) is 34.4. The standard InChI is InChI=1S/C35H40F4N4O4/c1-6-9-23(2)34(36)21-42(4)17-15-32(34)41-28-11-7-12-30-27(28)19-26(43(30)22-35(37,38)39)10-8-16-40-29-14-13-25(18-31(29)46-5)33(45)47-20-24(3)44/h6-7,9,11-14,18-19,24,32,40-41,44H,1,15-17,20-22H2,2-5H3/b23-9-/t24?,32-,34-/m0/s1. The summed E-state index contributed by atoms with van der Waals surface area (Å²) >= 11 is 0. The Morgan fingerprint density at radius 3 is 2.70 bits per heavy atom. The zero-order valence-electron chi connectivity index (χ0n) is 26.9. The first-order valence-corrected chi connectivity index (χ1v) is 15.1. The molecule has 1 saturated heterocycles. The molecule has 1 aliphatic rings. The number of aromatic nitrogens is 1. The zero-order valence-corrected chi connectivity index (χ0v) is 26.9. The number of alkyl halides is 4. The average molecular weight is 657 g/mol. The van der Waals surface area contributed by atoms with E-state index in [0.717, 1.165) is 4.57 Å². The van der Waals surface area contributed by atoms with Crippen molar-refractivity contribution in [3.8, 4) is 17.6 Å². The van der Waals surface area contributed by atoms with E-state index in [-0.39, 0.29) is 31.0 Å². The molecule has 47 heavy (non-hydrogen) atoms. The quantitative estimate of drug-likeness (QED) is 0.0985. The second-order valence-electron chi connectivity index (χ2n) is 11.7. The number of fused-ring (bicyclic) bond motifs is 1. The molecule has 3 atom stereocenters. The third kappa shape index (κ3) is 8.67. The summed E-state index contributed by atoms with van der Waals surface area (Å²) < 4.78 is 69.3. The van der Waals surface area contributed by atoms with Crippen molar-refractivity contribution in [2.45, 2.75) is 50.8 Å². The van der Waals surface area contributed by atoms with Gasteiger partial charge in [0.05, 0.1) is 48.3 Å². The van der Waals surface area contributed by atoms with Gasteiger partial charge in [-0.2, -0.15) is 13.2 Å². The van der Waals surface area contributed by atoms with Gasteiger partial charge in [-0.3, -0.25) is 0 Å². The van der Waals surface area contributed by atoms with Crippen LogP contribution in [0.1, 0.15) is 36.3 Å². The summed E-state index contributed by atoms with van der Waals surface area (Å²) in [6.07, 6.45) is -1.64. The van der Waals surface area contributed by atoms with Crippen LogP contribution in [0.4, 0.5) is 28.9 Å². The summed E-state index contributed by atoms with van der Waals surface area (Å²) in [6, 6.07) is 10.5. The molecule has 3 N–H and O–H groups in total. The number of esters is 1. The van der Waals surface area contributed by atoms with Crippen LogP contribution in [0.15, 0.2) is 66.8 Å². The predicted molar refractivity (Wildman–Crippen MR) is 176 cm³/mol. The summed E-state index contributed by atoms with van der Waals surface area (Å²) in [5, 5.41) is 16.2. The number of carbonyl (C=O) groups is 1. The Labute approximate surface area is 272 Å². The van der Waals surface area contributed by atoms with E-state index in [9.17, 15) is 23.1 Å². The second kappa shape index (κ2) is 15.0. The van der Waals surface area contributed by atoms with Crippen LogP contribution in [0.5, 0.6) is 5.75 Å². The lowest BCUT2D eigenvalue weighted by Gasteiger charge is -2.43. The normalized spacial score (nSPS) is 19.4. The van der Waals surface area contributed by atoms with E-state index in [1.54, 1.807) is 49.4 Å². The van der Waals surface area contributed by atoms with Gasteiger partial charge in [0.25, 0.3) is 0 Å². The SMILES string of the molecule is C=C/C=C(/C)[C@@]1(F)CN(C)CC[C@@H]1Nc1cccc2c1cc(C#CCNc1ccc(C(=O)OCC(C)O)cc1OC)n2CC(F)(F)F. The number of aliphatic hydroxyl groups is 1. The first-order valence-electron chi connectivity index (χ1n) is 15.1. The summed E-state index contributed by atoms with van der Waals surface area (Å²) in [6.45, 7) is 6.37. The van der Waals surface area contributed by atoms with Crippen molar-refractivity contribution in [3.05, 3.63) is 78.0 Å². The van der Waals surface area contributed by atoms with Crippen LogP contribution in [0, 0.1) is 11.8 Å². The summed E-state index contributed by atoms with van der Waals surface area (Å²) in [5.41, 5.74) is 0.504. The maximum absolute atomic E-state index is 16.5. The van der Waals surface area contributed by atoms with E-state index < -0.39 is 36.5 Å². The van der Waals surface area contributed by atoms with Crippen LogP contribution in [-0.2, 0) is 11.3 Å². The Morgan fingerprint density at radius 1 is 1.26 bits per heavy atom. The van der Waals surface area contributed by atoms with Crippen LogP contribution in [0.25, 0.3) is 10.9 Å². The molecule has 2 heterocycles. The summed E-state index contributed by atoms with van der Waals surface area (Å²) in [4.78, 5) is 14.2. The van der Waals surface area contributed by atoms with Gasteiger partial charge < -0.3 is 34.7 Å². The van der Waals surface area contributed by atoms with Gasteiger partial charge in [-0.05, 0) is 75.2 Å². The highest BCUT2D eigenvalue weighted by Gasteiger charge is 2.44. The van der Waals surface area contributed by atoms with Crippen LogP contribution < -0.4 is 15.4 Å². The van der Waals surface area contributed by atoms with Gasteiger partial charge in [-0.25, -0.2) is 9.18 Å². The third-order valence-corrected chi connectivity index (χ3v) is 7.96. The van der Waals surface area contributed by atoms with Crippen LogP contribution in [0.2, 0.25) is 0 Å². The number of rotatable bonds is 11. The maximum atomic E-state index is 16.5. The minimum Gasteiger partial charge on any atom is -0.495 e. The Bertz CT molecular complexity index is 1690. The molecule has 0 saturated carbocycles. The van der Waals surface area contributed by atoms with Crippen LogP contribution in [0.3, 0.4) is 0 Å². The number of ether oxygens (including phenoxy) is 2. The Kier molecular flexibility index (Phi) is 11.3. The molecule has 12 heteroatoms. The van der Waals surface area contributed by atoms with Gasteiger partial charge in [0.2, 0.25) is 0 Å². The van der Waals surface area contributed by atoms with Gasteiger partial charge in [0.1, 0.15) is 18.9 Å². The Balaban J connectivity index is 1.61. The van der Waals surface area contributed by atoms with Gasteiger partial charge in [-0.15, -0.1) is 0 Å². The third-order valence-electron chi connectivity index (χ3n) is 7.96. The van der Waals surface area contributed by atoms with E-state index >= 15 is 4.39 Å². The van der Waals surface area contributed by atoms with Gasteiger partial charge in [-0.1, -0.05) is 30.7 Å². The molecule has 0 spiro atoms. The lowest BCUT2D eigenvalue weighted by molar-refractivity contribution is -0.140. The number of benzene rings is 2. The highest BCUT2D eigenvalue weighted by atomic mass is 19.4. The minimum absolute atomic E-state index is 0.0513. The molecular formula is C35H40F4N4O4. The Hall–Kier alpha value is -4.47. The molecule has 0 bridgehead atoms. The van der Waals surface area contributed by atoms with Gasteiger partial charge in [0, 0.05) is 24.2 Å². The van der Waals surface area contributed by atoms with Crippen molar-refractivity contribution in [3.63, 3.8) is 0 Å². The maximum Gasteiger partial charge on any atom is 0.406 e. The van der Waals surface area contributed by atoms with E-state index in [4.69, 9.17) is 9.47 Å². The number of aliphatic hydroxyl groups excluding tert-OH is 1. The molecule has 252 valence electrons. The number of methoxy groups -OCH3 is 1. The molecule has 0 radical (unpaired) electrons. The van der Waals surface area contributed by atoms with Crippen LogP contribution >= 0.6 is 0 Å². The number of allylic oxidation sites excluding steroid dienone is 2. The molecule has 0 aliphatic carbocycles. The number of anilines is 2. The van der Waals surface area contributed by atoms with Crippen molar-refractivity contribution < 1.29 is 36.9 Å². The van der Waals surface area contributed by atoms with E-state index in [1.165, 1.54) is 26.2 Å². The fraction of sp³-hybridized carbons (Fsp3) is 0.400. The molecule has 8 nitrogen and oxygen atoms in total. The molecular weight excluding hydrogens is 616 g/mol. The fourth-order valence-corrected chi connectivity index (χ4v) is 5.63. The number of likely N-dealkylation sites (tertiary alicyclic amines) is 1. The molecule has 0 amide bonds. The largest absolute Gasteiger partial charge is 0.495 e. The molecule has 3 aromatic rings. The molecule has 1 aromatic heterocycles. The van der Waals surface area contributed by atoms with Crippen molar-refractivity contribution in [2.75, 3.05) is 51.0 Å². The second-order valence-corrected chi connectivity index (χ2v) is 11.7. The molecule has 1 unspecified atom stereocenters. The number of halogens is 4. The average Bonchev–Trinajstić information content (AvgIpc) is 3.35. The van der Waals surface area contributed by atoms with Crippen LogP contribution in [-0.4, -0.2) is 84.9 Å². The van der Waals surface area contributed by atoms with Crippen molar-refractivity contribution in [1.29, 1.82) is 0 Å². The number of nitrogens with one attached hydrogen (secondary N) is 2. The highest BCUT2D eigenvalue weighted by Crippen LogP contribution is 2.37. The number of hydrogen-bond acceptors (Lipinski definition) is 7. The molecule has 2 aromatic carbocycles. The summed E-state index contributed by atoms with van der Waals surface area (Å²) in [5.74, 6) is 5.44. The fourth-order valence-electron chi connectivity index (χ4n) is 5.63. The number of carbonyl (C=O) groups excluding carboxylic acids is 1. The first-order chi connectivity index (χ1) is 22.3. The highest BCUT2D eigenvalue weighted by molar-refractivity contribution is 5.94. The van der Waals surface area contributed by atoms with Crippen molar-refractivity contribution >= 4 is 28.2 Å². The lowest BCUT2D eigenvalue weighted by Crippen LogP contribution is -2.56. The topological polar surface area (TPSA) is 88.0 Å². The van der Waals surface area contributed by atoms with Crippen molar-refractivity contribution in [2.24, 2.45) is 0 Å².